The SMILES string of the molecule is CCOC=O.Clc1cccc(OC2CCC2)c1. The number of hydrogen-bond acceptors (Lipinski definition) is 3. The summed E-state index contributed by atoms with van der Waals surface area (Å²) in [6.07, 6.45) is 4.10. The van der Waals surface area contributed by atoms with Crippen LogP contribution in [-0.4, -0.2) is 19.2 Å². The summed E-state index contributed by atoms with van der Waals surface area (Å²) < 4.78 is 9.80. The van der Waals surface area contributed by atoms with Gasteiger partial charge in [0.25, 0.3) is 6.47 Å². The third kappa shape index (κ3) is 5.59. The first kappa shape index (κ1) is 13.8. The van der Waals surface area contributed by atoms with Gasteiger partial charge in [0, 0.05) is 5.02 Å². The van der Waals surface area contributed by atoms with Crippen molar-refractivity contribution in [3.8, 4) is 5.75 Å². The molecule has 1 aromatic carbocycles. The van der Waals surface area contributed by atoms with E-state index >= 15 is 0 Å². The van der Waals surface area contributed by atoms with Crippen LogP contribution >= 0.6 is 11.6 Å². The molecule has 0 radical (unpaired) electrons. The summed E-state index contributed by atoms with van der Waals surface area (Å²) in [6.45, 7) is 2.66. The van der Waals surface area contributed by atoms with Crippen LogP contribution in [0.5, 0.6) is 5.75 Å². The zero-order valence-electron chi connectivity index (χ0n) is 9.90. The van der Waals surface area contributed by atoms with E-state index in [4.69, 9.17) is 16.3 Å². The van der Waals surface area contributed by atoms with E-state index in [9.17, 15) is 4.79 Å². The smallest absolute Gasteiger partial charge is 0.293 e. The van der Waals surface area contributed by atoms with Gasteiger partial charge in [-0.25, -0.2) is 0 Å². The predicted octanol–water partition coefficient (Wildman–Crippen LogP) is 3.45. The lowest BCUT2D eigenvalue weighted by molar-refractivity contribution is -0.128. The van der Waals surface area contributed by atoms with Gasteiger partial charge >= 0.3 is 0 Å². The topological polar surface area (TPSA) is 35.5 Å². The van der Waals surface area contributed by atoms with Crippen LogP contribution in [0.3, 0.4) is 0 Å². The van der Waals surface area contributed by atoms with Crippen LogP contribution < -0.4 is 4.74 Å². The lowest BCUT2D eigenvalue weighted by Gasteiger charge is -2.26. The Labute approximate surface area is 107 Å². The standard InChI is InChI=1S/C10H11ClO.C3H6O2/c11-8-3-1-6-10(7-8)12-9-4-2-5-9;1-2-5-3-4/h1,3,6-7,9H,2,4-5H2;3H,2H2,1H3. The van der Waals surface area contributed by atoms with E-state index in [1.54, 1.807) is 6.92 Å². The molecule has 0 aliphatic heterocycles. The number of carbonyl (C=O) groups excluding carboxylic acids is 1. The third-order valence-corrected chi connectivity index (χ3v) is 2.62. The highest BCUT2D eigenvalue weighted by Crippen LogP contribution is 2.26. The summed E-state index contributed by atoms with van der Waals surface area (Å²) >= 11 is 5.81. The van der Waals surface area contributed by atoms with Crippen LogP contribution in [0.2, 0.25) is 5.02 Å². The Morgan fingerprint density at radius 2 is 2.24 bits per heavy atom. The molecule has 0 spiro atoms. The molecule has 0 amide bonds. The Hall–Kier alpha value is -1.22. The van der Waals surface area contributed by atoms with E-state index < -0.39 is 0 Å². The zero-order chi connectivity index (χ0) is 12.5. The molecule has 1 aromatic rings. The van der Waals surface area contributed by atoms with Gasteiger partial charge < -0.3 is 9.47 Å². The van der Waals surface area contributed by atoms with Gasteiger partial charge in [0.1, 0.15) is 5.75 Å². The molecule has 0 saturated heterocycles. The monoisotopic (exact) mass is 256 g/mol. The molecule has 0 N–H and O–H groups in total. The summed E-state index contributed by atoms with van der Waals surface area (Å²) in [4.78, 5) is 9.18. The fourth-order valence-electron chi connectivity index (χ4n) is 1.29. The first-order chi connectivity index (χ1) is 8.26. The maximum Gasteiger partial charge on any atom is 0.293 e. The molecule has 1 saturated carbocycles. The van der Waals surface area contributed by atoms with Crippen molar-refractivity contribution in [2.24, 2.45) is 0 Å². The summed E-state index contributed by atoms with van der Waals surface area (Å²) in [5.74, 6) is 0.896. The van der Waals surface area contributed by atoms with Gasteiger partial charge in [-0.3, -0.25) is 4.79 Å². The van der Waals surface area contributed by atoms with E-state index in [0.717, 1.165) is 10.8 Å². The molecule has 1 aliphatic carbocycles. The maximum absolute atomic E-state index is 9.18. The van der Waals surface area contributed by atoms with Crippen molar-refractivity contribution in [1.29, 1.82) is 0 Å². The molecule has 0 atom stereocenters. The molecule has 1 fully saturated rings. The van der Waals surface area contributed by atoms with Gasteiger partial charge in [-0.15, -0.1) is 0 Å². The average Bonchev–Trinajstić information content (AvgIpc) is 2.26. The van der Waals surface area contributed by atoms with E-state index in [1.165, 1.54) is 19.3 Å². The molecule has 94 valence electrons. The number of benzene rings is 1. The van der Waals surface area contributed by atoms with E-state index in [-0.39, 0.29) is 0 Å². The molecule has 0 aromatic heterocycles. The molecule has 4 heteroatoms. The van der Waals surface area contributed by atoms with Crippen LogP contribution in [0.15, 0.2) is 24.3 Å². The van der Waals surface area contributed by atoms with Gasteiger partial charge in [-0.1, -0.05) is 17.7 Å². The van der Waals surface area contributed by atoms with E-state index in [0.29, 0.717) is 19.2 Å². The van der Waals surface area contributed by atoms with Crippen LogP contribution in [-0.2, 0) is 9.53 Å². The minimum atomic E-state index is 0.431. The Kier molecular flexibility index (Phi) is 6.48. The Bertz CT molecular complexity index is 337. The fraction of sp³-hybridized carbons (Fsp3) is 0.462. The van der Waals surface area contributed by atoms with Gasteiger partial charge in [0.15, 0.2) is 0 Å². The van der Waals surface area contributed by atoms with E-state index in [1.807, 2.05) is 24.3 Å². The predicted molar refractivity (Wildman–Crippen MR) is 67.4 cm³/mol. The van der Waals surface area contributed by atoms with Crippen LogP contribution in [0, 0.1) is 0 Å². The van der Waals surface area contributed by atoms with Gasteiger partial charge in [-0.05, 0) is 44.4 Å². The number of rotatable bonds is 4. The minimum Gasteiger partial charge on any atom is -0.490 e. The van der Waals surface area contributed by atoms with Gasteiger partial charge in [0.2, 0.25) is 0 Å². The number of ether oxygens (including phenoxy) is 2. The summed E-state index contributed by atoms with van der Waals surface area (Å²) in [5, 5.41) is 0.742. The highest BCUT2D eigenvalue weighted by Gasteiger charge is 2.18. The molecule has 0 heterocycles. The van der Waals surface area contributed by atoms with Gasteiger partial charge in [0.05, 0.1) is 12.7 Å². The third-order valence-electron chi connectivity index (χ3n) is 2.39. The largest absolute Gasteiger partial charge is 0.490 e. The molecular weight excluding hydrogens is 240 g/mol. The fourth-order valence-corrected chi connectivity index (χ4v) is 1.47. The molecule has 1 aliphatic rings. The molecule has 0 unspecified atom stereocenters. The van der Waals surface area contributed by atoms with Crippen molar-refractivity contribution in [1.82, 2.24) is 0 Å². The van der Waals surface area contributed by atoms with Crippen LogP contribution in [0.4, 0.5) is 0 Å². The summed E-state index contributed by atoms with van der Waals surface area (Å²) in [6, 6.07) is 7.58. The normalized spacial score (nSPS) is 14.0. The molecule has 0 bridgehead atoms. The van der Waals surface area contributed by atoms with Gasteiger partial charge in [-0.2, -0.15) is 0 Å². The summed E-state index contributed by atoms with van der Waals surface area (Å²) in [7, 11) is 0. The highest BCUT2D eigenvalue weighted by atomic mass is 35.5. The van der Waals surface area contributed by atoms with E-state index in [2.05, 4.69) is 4.74 Å². The lowest BCUT2D eigenvalue weighted by atomic mass is 9.96. The average molecular weight is 257 g/mol. The number of carbonyl (C=O) groups is 1. The number of halogens is 1. The Balaban J connectivity index is 0.000000249. The second-order valence-electron chi connectivity index (χ2n) is 3.68. The quantitative estimate of drug-likeness (QED) is 0.774. The van der Waals surface area contributed by atoms with Crippen molar-refractivity contribution in [2.45, 2.75) is 32.3 Å². The van der Waals surface area contributed by atoms with Crippen molar-refractivity contribution in [3.05, 3.63) is 29.3 Å². The molecule has 2 rings (SSSR count). The minimum absolute atomic E-state index is 0.431. The molecule has 3 nitrogen and oxygen atoms in total. The second kappa shape index (κ2) is 7.96. The van der Waals surface area contributed by atoms with Crippen LogP contribution in [0.25, 0.3) is 0 Å². The van der Waals surface area contributed by atoms with Crippen molar-refractivity contribution >= 4 is 18.1 Å². The van der Waals surface area contributed by atoms with Crippen molar-refractivity contribution in [2.75, 3.05) is 6.61 Å². The van der Waals surface area contributed by atoms with Crippen molar-refractivity contribution in [3.63, 3.8) is 0 Å². The molecule has 17 heavy (non-hydrogen) atoms. The van der Waals surface area contributed by atoms with Crippen molar-refractivity contribution < 1.29 is 14.3 Å². The first-order valence-electron chi connectivity index (χ1n) is 5.73. The highest BCUT2D eigenvalue weighted by molar-refractivity contribution is 6.30. The summed E-state index contributed by atoms with van der Waals surface area (Å²) in [5.41, 5.74) is 0. The lowest BCUT2D eigenvalue weighted by Crippen LogP contribution is -2.24. The number of hydrogen-bond donors (Lipinski definition) is 0. The zero-order valence-corrected chi connectivity index (χ0v) is 10.7. The Morgan fingerprint density at radius 3 is 2.65 bits per heavy atom. The maximum atomic E-state index is 9.18. The Morgan fingerprint density at radius 1 is 1.47 bits per heavy atom. The van der Waals surface area contributed by atoms with Crippen LogP contribution in [0.1, 0.15) is 26.2 Å². The molecular formula is C13H17ClO3. The first-order valence-corrected chi connectivity index (χ1v) is 6.11. The second-order valence-corrected chi connectivity index (χ2v) is 4.12.